The first-order valence-corrected chi connectivity index (χ1v) is 14.9. The minimum Gasteiger partial charge on any atom is -0.503 e. The summed E-state index contributed by atoms with van der Waals surface area (Å²) in [7, 11) is 2.76. The molecule has 39 heavy (non-hydrogen) atoms. The summed E-state index contributed by atoms with van der Waals surface area (Å²) >= 11 is 17.8. The normalized spacial score (nSPS) is 36.6. The zero-order valence-electron chi connectivity index (χ0n) is 21.6. The quantitative estimate of drug-likeness (QED) is 0.297. The van der Waals surface area contributed by atoms with Gasteiger partial charge >= 0.3 is 0 Å². The van der Waals surface area contributed by atoms with E-state index in [9.17, 15) is 24.3 Å². The SMILES string of the molecule is COc1cc([C@H]2C3=CC[C@@H]4C(=O)N(C5CCCCC5)C(=O)[C@@H]4[C@@H]3C[C@@]3(Cl)C(=O)N(C)C(=O)[C@@]23Cl)cc(Br)c1O. The number of phenolic OH excluding ortho intramolecular Hbond substituents is 1. The van der Waals surface area contributed by atoms with Gasteiger partial charge in [0.1, 0.15) is 0 Å². The molecule has 1 N–H and O–H groups in total. The molecule has 1 aromatic carbocycles. The Kier molecular flexibility index (Phi) is 6.40. The zero-order chi connectivity index (χ0) is 28.0. The average Bonchev–Trinajstić information content (AvgIpc) is 3.25. The molecule has 0 unspecified atom stereocenters. The van der Waals surface area contributed by atoms with Gasteiger partial charge in [0, 0.05) is 19.0 Å². The van der Waals surface area contributed by atoms with Gasteiger partial charge in [-0.15, -0.1) is 23.2 Å². The van der Waals surface area contributed by atoms with Crippen LogP contribution in [0.15, 0.2) is 28.3 Å². The Morgan fingerprint density at radius 3 is 2.38 bits per heavy atom. The summed E-state index contributed by atoms with van der Waals surface area (Å²) < 4.78 is 5.68. The van der Waals surface area contributed by atoms with Crippen LogP contribution in [0.2, 0.25) is 0 Å². The lowest BCUT2D eigenvalue weighted by Crippen LogP contribution is -2.60. The van der Waals surface area contributed by atoms with E-state index in [1.54, 1.807) is 12.1 Å². The van der Waals surface area contributed by atoms with Crippen LogP contribution in [0.5, 0.6) is 11.5 Å². The van der Waals surface area contributed by atoms with Gasteiger partial charge in [0.05, 0.1) is 23.4 Å². The van der Waals surface area contributed by atoms with Gasteiger partial charge in [-0.3, -0.25) is 29.0 Å². The third kappa shape index (κ3) is 3.48. The van der Waals surface area contributed by atoms with Gasteiger partial charge in [0.15, 0.2) is 21.2 Å². The lowest BCUT2D eigenvalue weighted by Gasteiger charge is -2.50. The Morgan fingerprint density at radius 2 is 1.72 bits per heavy atom. The number of carbonyl (C=O) groups is 4. The molecule has 3 aliphatic carbocycles. The molecule has 2 saturated heterocycles. The van der Waals surface area contributed by atoms with Crippen LogP contribution < -0.4 is 4.74 Å². The molecule has 0 spiro atoms. The first kappa shape index (κ1) is 27.1. The molecule has 4 fully saturated rings. The Bertz CT molecular complexity index is 1350. The molecule has 0 radical (unpaired) electrons. The highest BCUT2D eigenvalue weighted by Gasteiger charge is 2.76. The Labute approximate surface area is 244 Å². The summed E-state index contributed by atoms with van der Waals surface area (Å²) in [6.45, 7) is 0. The molecular weight excluding hydrogens is 611 g/mol. The van der Waals surface area contributed by atoms with Gasteiger partial charge in [-0.25, -0.2) is 0 Å². The van der Waals surface area contributed by atoms with Gasteiger partial charge in [0.25, 0.3) is 11.8 Å². The number of phenols is 1. The van der Waals surface area contributed by atoms with Crippen LogP contribution in [-0.4, -0.2) is 68.5 Å². The zero-order valence-corrected chi connectivity index (χ0v) is 24.7. The average molecular weight is 640 g/mol. The second-order valence-electron chi connectivity index (χ2n) is 11.4. The van der Waals surface area contributed by atoms with Crippen LogP contribution in [-0.2, 0) is 19.2 Å². The topological polar surface area (TPSA) is 104 Å². The van der Waals surface area contributed by atoms with E-state index in [-0.39, 0.29) is 35.8 Å². The van der Waals surface area contributed by atoms with Crippen molar-refractivity contribution in [3.63, 3.8) is 0 Å². The molecule has 6 rings (SSSR count). The largest absolute Gasteiger partial charge is 0.503 e. The van der Waals surface area contributed by atoms with Crippen molar-refractivity contribution < 1.29 is 29.0 Å². The fourth-order valence-corrected chi connectivity index (χ4v) is 9.24. The number of alkyl halides is 2. The number of nitrogens with zero attached hydrogens (tertiary/aromatic N) is 2. The fraction of sp³-hybridized carbons (Fsp3) is 0.571. The summed E-state index contributed by atoms with van der Waals surface area (Å²) in [4.78, 5) is 53.6. The van der Waals surface area contributed by atoms with Crippen molar-refractivity contribution in [2.24, 2.45) is 17.8 Å². The highest BCUT2D eigenvalue weighted by Crippen LogP contribution is 2.65. The first-order valence-electron chi connectivity index (χ1n) is 13.3. The molecule has 11 heteroatoms. The molecule has 4 amide bonds. The second-order valence-corrected chi connectivity index (χ2v) is 13.5. The van der Waals surface area contributed by atoms with Gasteiger partial charge in [-0.05, 0) is 65.2 Å². The van der Waals surface area contributed by atoms with E-state index in [0.29, 0.717) is 22.0 Å². The summed E-state index contributed by atoms with van der Waals surface area (Å²) in [5.74, 6) is -4.30. The smallest absolute Gasteiger partial charge is 0.253 e. The lowest BCUT2D eigenvalue weighted by atomic mass is 9.56. The van der Waals surface area contributed by atoms with E-state index in [1.807, 2.05) is 6.08 Å². The number of halogens is 3. The van der Waals surface area contributed by atoms with Crippen LogP contribution in [0.25, 0.3) is 0 Å². The number of aromatic hydroxyl groups is 1. The minimum absolute atomic E-state index is 0.0373. The van der Waals surface area contributed by atoms with Crippen molar-refractivity contribution in [1.29, 1.82) is 0 Å². The van der Waals surface area contributed by atoms with Crippen molar-refractivity contribution in [2.45, 2.75) is 66.7 Å². The van der Waals surface area contributed by atoms with Crippen molar-refractivity contribution in [3.8, 4) is 11.5 Å². The number of ether oxygens (including phenoxy) is 1. The third-order valence-electron chi connectivity index (χ3n) is 9.59. The van der Waals surface area contributed by atoms with Crippen LogP contribution in [0, 0.1) is 17.8 Å². The molecule has 1 aromatic rings. The van der Waals surface area contributed by atoms with Crippen molar-refractivity contribution >= 4 is 62.8 Å². The van der Waals surface area contributed by atoms with E-state index < -0.39 is 45.2 Å². The molecule has 0 bridgehead atoms. The molecule has 6 atom stereocenters. The third-order valence-corrected chi connectivity index (χ3v) is 11.6. The van der Waals surface area contributed by atoms with E-state index in [2.05, 4.69) is 15.9 Å². The molecule has 208 valence electrons. The monoisotopic (exact) mass is 638 g/mol. The predicted octanol–water partition coefficient (Wildman–Crippen LogP) is 4.48. The molecule has 8 nitrogen and oxygen atoms in total. The van der Waals surface area contributed by atoms with Crippen molar-refractivity contribution in [2.75, 3.05) is 14.2 Å². The molecule has 5 aliphatic rings. The Hall–Kier alpha value is -2.10. The number of benzene rings is 1. The predicted molar refractivity (Wildman–Crippen MR) is 147 cm³/mol. The number of hydrogen-bond donors (Lipinski definition) is 1. The van der Waals surface area contributed by atoms with Gasteiger partial charge in [-0.1, -0.05) is 30.9 Å². The number of fused-ring (bicyclic) bond motifs is 4. The number of rotatable bonds is 3. The van der Waals surface area contributed by atoms with Gasteiger partial charge in [-0.2, -0.15) is 0 Å². The Morgan fingerprint density at radius 1 is 1.03 bits per heavy atom. The van der Waals surface area contributed by atoms with E-state index in [1.165, 1.54) is 19.1 Å². The number of methoxy groups -OCH3 is 1. The summed E-state index contributed by atoms with van der Waals surface area (Å²) in [5.41, 5.74) is 1.22. The molecular formula is C28H29BrCl2N2O6. The van der Waals surface area contributed by atoms with Gasteiger partial charge < -0.3 is 9.84 Å². The molecule has 0 aromatic heterocycles. The van der Waals surface area contributed by atoms with Crippen LogP contribution in [0.4, 0.5) is 0 Å². The maximum Gasteiger partial charge on any atom is 0.253 e. The highest BCUT2D eigenvalue weighted by molar-refractivity contribution is 9.10. The van der Waals surface area contributed by atoms with Crippen molar-refractivity contribution in [1.82, 2.24) is 9.80 Å². The van der Waals surface area contributed by atoms with Crippen molar-refractivity contribution in [3.05, 3.63) is 33.8 Å². The molecule has 2 saturated carbocycles. The van der Waals surface area contributed by atoms with Crippen LogP contribution in [0.3, 0.4) is 0 Å². The lowest BCUT2D eigenvalue weighted by molar-refractivity contribution is -0.144. The number of amides is 4. The van der Waals surface area contributed by atoms with Crippen LogP contribution >= 0.6 is 39.1 Å². The minimum atomic E-state index is -1.88. The number of likely N-dealkylation sites (tertiary alicyclic amines) is 2. The van der Waals surface area contributed by atoms with E-state index in [4.69, 9.17) is 27.9 Å². The molecule has 2 aliphatic heterocycles. The van der Waals surface area contributed by atoms with E-state index >= 15 is 0 Å². The van der Waals surface area contributed by atoms with E-state index in [0.717, 1.165) is 37.0 Å². The maximum atomic E-state index is 14.0. The number of carbonyl (C=O) groups excluding carboxylic acids is 4. The number of allylic oxidation sites excluding steroid dienone is 2. The summed E-state index contributed by atoms with van der Waals surface area (Å²) in [6, 6.07) is 3.10. The first-order chi connectivity index (χ1) is 18.5. The number of hydrogen-bond acceptors (Lipinski definition) is 6. The highest BCUT2D eigenvalue weighted by atomic mass is 79.9. The standard InChI is InChI=1S/C28H29BrCl2N2O6/c1-32-25(37)27(30)12-17-15(8-9-16-20(17)24(36)33(23(16)35)14-6-4-3-5-7-14)21(28(27,31)26(32)38)13-10-18(29)22(34)19(11-13)39-2/h8,10-11,14,16-17,20-21,34H,3-7,9,12H2,1-2H3/t16-,17+,20-,21-,27+,28-/m0/s1. The summed E-state index contributed by atoms with van der Waals surface area (Å²) in [6.07, 6.45) is 6.86. The number of imide groups is 2. The van der Waals surface area contributed by atoms with Crippen LogP contribution in [0.1, 0.15) is 56.4 Å². The fourth-order valence-electron chi connectivity index (χ4n) is 7.76. The molecule has 2 heterocycles. The maximum absolute atomic E-state index is 14.0. The summed E-state index contributed by atoms with van der Waals surface area (Å²) in [5, 5.41) is 10.5. The second kappa shape index (κ2) is 9.21. The van der Waals surface area contributed by atoms with Gasteiger partial charge in [0.2, 0.25) is 11.8 Å². The Balaban J connectivity index is 1.51.